The fraction of sp³-hybridized carbons (Fsp3) is 0.333. The summed E-state index contributed by atoms with van der Waals surface area (Å²) in [6, 6.07) is 4.55. The van der Waals surface area contributed by atoms with Gasteiger partial charge in [0.25, 0.3) is 0 Å². The van der Waals surface area contributed by atoms with Crippen molar-refractivity contribution >= 4 is 23.2 Å². The Kier molecular flexibility index (Phi) is 5.75. The normalized spacial score (nSPS) is 11.3. The van der Waals surface area contributed by atoms with E-state index in [1.165, 1.54) is 0 Å². The quantitative estimate of drug-likeness (QED) is 0.713. The average molecular weight is 273 g/mol. The third-order valence-electron chi connectivity index (χ3n) is 2.77. The highest BCUT2D eigenvalue weighted by atomic mass is 16.2. The molecule has 0 aliphatic carbocycles. The van der Waals surface area contributed by atoms with E-state index in [0.717, 1.165) is 5.56 Å². The standard InChI is InChI=1S/C15H19N3O2/c1-4-6-12(16)15(20)18-13-9-11(8-7-10(13)3)17-14(19)5-2/h1,7-9,12H,5-6,16H2,2-3H3,(H,17,19)(H,18,20). The van der Waals surface area contributed by atoms with Crippen LogP contribution in [0.4, 0.5) is 11.4 Å². The number of benzene rings is 1. The van der Waals surface area contributed by atoms with Crippen LogP contribution in [0.1, 0.15) is 25.3 Å². The van der Waals surface area contributed by atoms with Crippen LogP contribution in [0, 0.1) is 19.3 Å². The van der Waals surface area contributed by atoms with Crippen molar-refractivity contribution in [3.8, 4) is 12.3 Å². The summed E-state index contributed by atoms with van der Waals surface area (Å²) in [6.45, 7) is 3.62. The summed E-state index contributed by atoms with van der Waals surface area (Å²) in [5, 5.41) is 5.45. The van der Waals surface area contributed by atoms with E-state index in [1.807, 2.05) is 13.0 Å². The molecule has 0 aliphatic heterocycles. The molecule has 0 aliphatic rings. The van der Waals surface area contributed by atoms with Crippen LogP contribution in [0.15, 0.2) is 18.2 Å². The number of rotatable bonds is 5. The predicted octanol–water partition coefficient (Wildman–Crippen LogP) is 1.63. The van der Waals surface area contributed by atoms with Crippen LogP contribution in [-0.4, -0.2) is 17.9 Å². The second kappa shape index (κ2) is 7.31. The average Bonchev–Trinajstić information content (AvgIpc) is 2.42. The van der Waals surface area contributed by atoms with Gasteiger partial charge in [0.05, 0.1) is 6.04 Å². The molecule has 1 atom stereocenters. The lowest BCUT2D eigenvalue weighted by Gasteiger charge is -2.13. The molecule has 0 saturated heterocycles. The first-order valence-electron chi connectivity index (χ1n) is 6.38. The maximum absolute atomic E-state index is 11.8. The number of terminal acetylenes is 1. The Morgan fingerprint density at radius 3 is 2.70 bits per heavy atom. The summed E-state index contributed by atoms with van der Waals surface area (Å²) in [5.41, 5.74) is 7.75. The van der Waals surface area contributed by atoms with Crippen molar-refractivity contribution in [3.05, 3.63) is 23.8 Å². The van der Waals surface area contributed by atoms with Crippen molar-refractivity contribution in [3.63, 3.8) is 0 Å². The highest BCUT2D eigenvalue weighted by Crippen LogP contribution is 2.20. The Balaban J connectivity index is 2.84. The molecule has 20 heavy (non-hydrogen) atoms. The van der Waals surface area contributed by atoms with E-state index in [1.54, 1.807) is 19.1 Å². The molecule has 1 rings (SSSR count). The van der Waals surface area contributed by atoms with Gasteiger partial charge in [0.15, 0.2) is 0 Å². The first-order valence-corrected chi connectivity index (χ1v) is 6.38. The number of anilines is 2. The molecule has 0 saturated carbocycles. The van der Waals surface area contributed by atoms with Crippen molar-refractivity contribution in [2.45, 2.75) is 32.7 Å². The topological polar surface area (TPSA) is 84.2 Å². The molecule has 1 unspecified atom stereocenters. The van der Waals surface area contributed by atoms with Crippen LogP contribution in [0.5, 0.6) is 0 Å². The fourth-order valence-electron chi connectivity index (χ4n) is 1.53. The van der Waals surface area contributed by atoms with Gasteiger partial charge >= 0.3 is 0 Å². The van der Waals surface area contributed by atoms with E-state index in [0.29, 0.717) is 17.8 Å². The van der Waals surface area contributed by atoms with Crippen molar-refractivity contribution in [2.75, 3.05) is 10.6 Å². The lowest BCUT2D eigenvalue weighted by atomic mass is 10.1. The summed E-state index contributed by atoms with van der Waals surface area (Å²) in [7, 11) is 0. The van der Waals surface area contributed by atoms with Crippen molar-refractivity contribution in [1.82, 2.24) is 0 Å². The molecule has 0 aromatic heterocycles. The molecule has 0 heterocycles. The Morgan fingerprint density at radius 1 is 1.40 bits per heavy atom. The molecule has 5 nitrogen and oxygen atoms in total. The lowest BCUT2D eigenvalue weighted by molar-refractivity contribution is -0.117. The number of aryl methyl sites for hydroxylation is 1. The molecule has 106 valence electrons. The molecule has 0 spiro atoms. The second-order valence-corrected chi connectivity index (χ2v) is 4.44. The van der Waals surface area contributed by atoms with Gasteiger partial charge in [-0.3, -0.25) is 9.59 Å². The minimum atomic E-state index is -0.742. The van der Waals surface area contributed by atoms with Crippen LogP contribution in [-0.2, 0) is 9.59 Å². The van der Waals surface area contributed by atoms with Crippen LogP contribution in [0.2, 0.25) is 0 Å². The van der Waals surface area contributed by atoms with Gasteiger partial charge in [0, 0.05) is 24.2 Å². The number of hydrogen-bond donors (Lipinski definition) is 3. The minimum Gasteiger partial charge on any atom is -0.326 e. The minimum absolute atomic E-state index is 0.0878. The van der Waals surface area contributed by atoms with Gasteiger partial charge in [-0.2, -0.15) is 0 Å². The van der Waals surface area contributed by atoms with E-state index in [4.69, 9.17) is 12.2 Å². The third-order valence-corrected chi connectivity index (χ3v) is 2.77. The Bertz CT molecular complexity index is 547. The Morgan fingerprint density at radius 2 is 2.10 bits per heavy atom. The van der Waals surface area contributed by atoms with Crippen LogP contribution < -0.4 is 16.4 Å². The first-order chi connectivity index (χ1) is 9.47. The maximum atomic E-state index is 11.8. The zero-order valence-corrected chi connectivity index (χ0v) is 11.7. The summed E-state index contributed by atoms with van der Waals surface area (Å²) in [4.78, 5) is 23.2. The molecule has 0 bridgehead atoms. The number of carbonyl (C=O) groups is 2. The molecular weight excluding hydrogens is 254 g/mol. The van der Waals surface area contributed by atoms with Gasteiger partial charge in [-0.25, -0.2) is 0 Å². The maximum Gasteiger partial charge on any atom is 0.242 e. The molecule has 2 amide bonds. The summed E-state index contributed by atoms with van der Waals surface area (Å²) < 4.78 is 0. The monoisotopic (exact) mass is 273 g/mol. The molecule has 0 fully saturated rings. The third kappa shape index (κ3) is 4.41. The number of carbonyl (C=O) groups excluding carboxylic acids is 2. The SMILES string of the molecule is C#CCC(N)C(=O)Nc1cc(NC(=O)CC)ccc1C. The van der Waals surface area contributed by atoms with Gasteiger partial charge in [0.2, 0.25) is 11.8 Å². The van der Waals surface area contributed by atoms with Crippen molar-refractivity contribution in [1.29, 1.82) is 0 Å². The largest absolute Gasteiger partial charge is 0.326 e. The number of amides is 2. The van der Waals surface area contributed by atoms with E-state index in [2.05, 4.69) is 16.6 Å². The molecule has 4 N–H and O–H groups in total. The number of hydrogen-bond acceptors (Lipinski definition) is 3. The first kappa shape index (κ1) is 15.7. The molecule has 1 aromatic rings. The predicted molar refractivity (Wildman–Crippen MR) is 80.2 cm³/mol. The zero-order chi connectivity index (χ0) is 15.1. The smallest absolute Gasteiger partial charge is 0.242 e. The summed E-state index contributed by atoms with van der Waals surface area (Å²) in [6.07, 6.45) is 5.70. The van der Waals surface area contributed by atoms with E-state index >= 15 is 0 Å². The fourth-order valence-corrected chi connectivity index (χ4v) is 1.53. The number of nitrogens with one attached hydrogen (secondary N) is 2. The van der Waals surface area contributed by atoms with Gasteiger partial charge in [-0.15, -0.1) is 12.3 Å². The zero-order valence-electron chi connectivity index (χ0n) is 11.7. The van der Waals surface area contributed by atoms with Gasteiger partial charge in [-0.05, 0) is 24.6 Å². The number of nitrogens with two attached hydrogens (primary N) is 1. The van der Waals surface area contributed by atoms with Crippen LogP contribution in [0.25, 0.3) is 0 Å². The van der Waals surface area contributed by atoms with E-state index in [9.17, 15) is 9.59 Å². The molecule has 0 radical (unpaired) electrons. The van der Waals surface area contributed by atoms with E-state index < -0.39 is 6.04 Å². The van der Waals surface area contributed by atoms with Gasteiger partial charge in [-0.1, -0.05) is 13.0 Å². The van der Waals surface area contributed by atoms with Gasteiger partial charge in [0.1, 0.15) is 0 Å². The second-order valence-electron chi connectivity index (χ2n) is 4.44. The highest BCUT2D eigenvalue weighted by Gasteiger charge is 2.13. The van der Waals surface area contributed by atoms with Gasteiger partial charge < -0.3 is 16.4 Å². The van der Waals surface area contributed by atoms with Crippen molar-refractivity contribution in [2.24, 2.45) is 5.73 Å². The van der Waals surface area contributed by atoms with Crippen LogP contribution in [0.3, 0.4) is 0 Å². The van der Waals surface area contributed by atoms with Crippen LogP contribution >= 0.6 is 0 Å². The van der Waals surface area contributed by atoms with Crippen molar-refractivity contribution < 1.29 is 9.59 Å². The molecule has 5 heteroatoms. The summed E-state index contributed by atoms with van der Waals surface area (Å²) in [5.74, 6) is 1.92. The lowest BCUT2D eigenvalue weighted by Crippen LogP contribution is -2.35. The van der Waals surface area contributed by atoms with E-state index in [-0.39, 0.29) is 18.2 Å². The molecule has 1 aromatic carbocycles. The Hall–Kier alpha value is -2.32. The summed E-state index contributed by atoms with van der Waals surface area (Å²) >= 11 is 0. The molecular formula is C15H19N3O2. The Labute approximate surface area is 118 Å². The highest BCUT2D eigenvalue weighted by molar-refractivity contribution is 5.97.